The third-order valence-electron chi connectivity index (χ3n) is 3.76. The molecule has 1 aliphatic heterocycles. The fourth-order valence-corrected chi connectivity index (χ4v) is 2.96. The number of halogens is 1. The maximum absolute atomic E-state index is 13.1. The number of rotatable bonds is 5. The topological polar surface area (TPSA) is 27.3 Å². The van der Waals surface area contributed by atoms with Crippen LogP contribution in [0.1, 0.15) is 26.2 Å². The van der Waals surface area contributed by atoms with Crippen LogP contribution in [0.5, 0.6) is 0 Å². The molecule has 1 aliphatic rings. The number of likely N-dealkylation sites (tertiary alicyclic amines) is 1. The smallest absolute Gasteiger partial charge is 0.170 e. The predicted octanol–water partition coefficient (Wildman–Crippen LogP) is 3.23. The van der Waals surface area contributed by atoms with Crippen molar-refractivity contribution in [1.29, 1.82) is 0 Å². The van der Waals surface area contributed by atoms with E-state index < -0.39 is 0 Å². The molecule has 0 bridgehead atoms. The standard InChI is InChI=1S/C16H24FN3S/c1-13-5-3-9-20(12-13)10-4-8-18-16(21)19-15-7-2-6-14(17)11-15/h2,6-7,11,13H,3-5,8-10,12H2,1H3,(H2,18,19,21). The molecule has 1 fully saturated rings. The second-order valence-corrected chi connectivity index (χ2v) is 6.20. The van der Waals surface area contributed by atoms with Gasteiger partial charge in [-0.05, 0) is 68.7 Å². The van der Waals surface area contributed by atoms with Crippen molar-refractivity contribution in [1.82, 2.24) is 10.2 Å². The lowest BCUT2D eigenvalue weighted by Gasteiger charge is -2.30. The lowest BCUT2D eigenvalue weighted by Crippen LogP contribution is -2.37. The van der Waals surface area contributed by atoms with E-state index in [-0.39, 0.29) is 5.82 Å². The summed E-state index contributed by atoms with van der Waals surface area (Å²) in [5.74, 6) is 0.560. The van der Waals surface area contributed by atoms with Crippen LogP contribution in [0.4, 0.5) is 10.1 Å². The molecule has 2 N–H and O–H groups in total. The average Bonchev–Trinajstić information content (AvgIpc) is 2.44. The van der Waals surface area contributed by atoms with Crippen LogP contribution in [0.3, 0.4) is 0 Å². The lowest BCUT2D eigenvalue weighted by atomic mass is 10.0. The highest BCUT2D eigenvalue weighted by Gasteiger charge is 2.15. The van der Waals surface area contributed by atoms with Gasteiger partial charge < -0.3 is 15.5 Å². The minimum absolute atomic E-state index is 0.262. The average molecular weight is 309 g/mol. The number of anilines is 1. The molecule has 0 aliphatic carbocycles. The van der Waals surface area contributed by atoms with Crippen LogP contribution >= 0.6 is 12.2 Å². The Kier molecular flexibility index (Phi) is 6.39. The van der Waals surface area contributed by atoms with E-state index >= 15 is 0 Å². The molecule has 2 rings (SSSR count). The van der Waals surface area contributed by atoms with Gasteiger partial charge in [-0.2, -0.15) is 0 Å². The zero-order valence-electron chi connectivity index (χ0n) is 12.6. The highest BCUT2D eigenvalue weighted by atomic mass is 32.1. The Morgan fingerprint density at radius 3 is 3.10 bits per heavy atom. The number of nitrogens with one attached hydrogen (secondary N) is 2. The van der Waals surface area contributed by atoms with Gasteiger partial charge in [-0.15, -0.1) is 0 Å². The van der Waals surface area contributed by atoms with E-state index in [0.29, 0.717) is 10.8 Å². The monoisotopic (exact) mass is 309 g/mol. The van der Waals surface area contributed by atoms with Crippen molar-refractivity contribution in [2.24, 2.45) is 5.92 Å². The maximum atomic E-state index is 13.1. The largest absolute Gasteiger partial charge is 0.362 e. The Balaban J connectivity index is 1.61. The van der Waals surface area contributed by atoms with Crippen molar-refractivity contribution < 1.29 is 4.39 Å². The minimum atomic E-state index is -0.262. The van der Waals surface area contributed by atoms with Crippen molar-refractivity contribution in [3.63, 3.8) is 0 Å². The van der Waals surface area contributed by atoms with Gasteiger partial charge in [0.2, 0.25) is 0 Å². The number of thiocarbonyl (C=S) groups is 1. The molecule has 1 unspecified atom stereocenters. The second-order valence-electron chi connectivity index (χ2n) is 5.79. The fraction of sp³-hybridized carbons (Fsp3) is 0.562. The number of piperidine rings is 1. The number of nitrogens with zero attached hydrogens (tertiary/aromatic N) is 1. The summed E-state index contributed by atoms with van der Waals surface area (Å²) in [4.78, 5) is 2.53. The van der Waals surface area contributed by atoms with E-state index in [9.17, 15) is 4.39 Å². The Morgan fingerprint density at radius 2 is 2.33 bits per heavy atom. The summed E-state index contributed by atoms with van der Waals surface area (Å²) in [5, 5.41) is 6.72. The van der Waals surface area contributed by atoms with Crippen LogP contribution in [0.2, 0.25) is 0 Å². The Morgan fingerprint density at radius 1 is 1.48 bits per heavy atom. The molecule has 1 atom stereocenters. The molecule has 1 aromatic rings. The fourth-order valence-electron chi connectivity index (χ4n) is 2.74. The van der Waals surface area contributed by atoms with Crippen LogP contribution in [0.15, 0.2) is 24.3 Å². The van der Waals surface area contributed by atoms with Crippen molar-refractivity contribution in [3.05, 3.63) is 30.1 Å². The molecule has 0 spiro atoms. The molecule has 21 heavy (non-hydrogen) atoms. The van der Waals surface area contributed by atoms with Gasteiger partial charge in [0.25, 0.3) is 0 Å². The van der Waals surface area contributed by atoms with Crippen LogP contribution < -0.4 is 10.6 Å². The van der Waals surface area contributed by atoms with Gasteiger partial charge in [0.05, 0.1) is 0 Å². The summed E-state index contributed by atoms with van der Waals surface area (Å²) in [6.07, 6.45) is 3.74. The highest BCUT2D eigenvalue weighted by molar-refractivity contribution is 7.80. The predicted molar refractivity (Wildman–Crippen MR) is 90.1 cm³/mol. The summed E-state index contributed by atoms with van der Waals surface area (Å²) < 4.78 is 13.1. The summed E-state index contributed by atoms with van der Waals surface area (Å²) >= 11 is 5.21. The van der Waals surface area contributed by atoms with Crippen molar-refractivity contribution >= 4 is 23.0 Å². The first-order valence-corrected chi connectivity index (χ1v) is 8.07. The first-order valence-electron chi connectivity index (χ1n) is 7.66. The Bertz CT molecular complexity index is 467. The van der Waals surface area contributed by atoms with E-state index in [2.05, 4.69) is 22.5 Å². The highest BCUT2D eigenvalue weighted by Crippen LogP contribution is 2.15. The van der Waals surface area contributed by atoms with Gasteiger partial charge >= 0.3 is 0 Å². The molecular weight excluding hydrogens is 285 g/mol. The molecule has 0 amide bonds. The molecule has 0 saturated carbocycles. The number of benzene rings is 1. The normalized spacial score (nSPS) is 19.2. The van der Waals surface area contributed by atoms with Gasteiger partial charge in [0, 0.05) is 18.8 Å². The zero-order chi connectivity index (χ0) is 15.1. The first kappa shape index (κ1) is 16.2. The second kappa shape index (κ2) is 8.29. The van der Waals surface area contributed by atoms with Gasteiger partial charge in [0.15, 0.2) is 5.11 Å². The van der Waals surface area contributed by atoms with E-state index in [4.69, 9.17) is 12.2 Å². The van der Waals surface area contributed by atoms with Crippen LogP contribution in [0.25, 0.3) is 0 Å². The molecule has 0 radical (unpaired) electrons. The molecule has 116 valence electrons. The molecule has 5 heteroatoms. The lowest BCUT2D eigenvalue weighted by molar-refractivity contribution is 0.182. The summed E-state index contributed by atoms with van der Waals surface area (Å²) in [6.45, 7) is 6.71. The third-order valence-corrected chi connectivity index (χ3v) is 4.01. The van der Waals surface area contributed by atoms with Crippen molar-refractivity contribution in [2.75, 3.05) is 31.5 Å². The molecule has 0 aromatic heterocycles. The maximum Gasteiger partial charge on any atom is 0.170 e. The number of hydrogen-bond acceptors (Lipinski definition) is 2. The summed E-state index contributed by atoms with van der Waals surface area (Å²) in [6, 6.07) is 6.31. The summed E-state index contributed by atoms with van der Waals surface area (Å²) in [5.41, 5.74) is 0.678. The van der Waals surface area contributed by atoms with Gasteiger partial charge in [-0.3, -0.25) is 0 Å². The minimum Gasteiger partial charge on any atom is -0.362 e. The van der Waals surface area contributed by atoms with Gasteiger partial charge in [0.1, 0.15) is 5.82 Å². The first-order chi connectivity index (χ1) is 10.1. The molecular formula is C16H24FN3S. The Hall–Kier alpha value is -1.20. The molecule has 1 heterocycles. The quantitative estimate of drug-likeness (QED) is 0.645. The van der Waals surface area contributed by atoms with Crippen molar-refractivity contribution in [2.45, 2.75) is 26.2 Å². The number of hydrogen-bond donors (Lipinski definition) is 2. The van der Waals surface area contributed by atoms with Gasteiger partial charge in [-0.1, -0.05) is 13.0 Å². The molecule has 3 nitrogen and oxygen atoms in total. The van der Waals surface area contributed by atoms with Crippen LogP contribution in [0, 0.1) is 11.7 Å². The van der Waals surface area contributed by atoms with Crippen LogP contribution in [-0.4, -0.2) is 36.2 Å². The van der Waals surface area contributed by atoms with E-state index in [1.807, 2.05) is 0 Å². The summed E-state index contributed by atoms with van der Waals surface area (Å²) in [7, 11) is 0. The zero-order valence-corrected chi connectivity index (χ0v) is 13.4. The third kappa shape index (κ3) is 5.98. The molecule has 1 saturated heterocycles. The van der Waals surface area contributed by atoms with E-state index in [1.165, 1.54) is 38.1 Å². The van der Waals surface area contributed by atoms with E-state index in [1.54, 1.807) is 12.1 Å². The molecule has 1 aromatic carbocycles. The van der Waals surface area contributed by atoms with Gasteiger partial charge in [-0.25, -0.2) is 4.39 Å². The van der Waals surface area contributed by atoms with Crippen molar-refractivity contribution in [3.8, 4) is 0 Å². The SMILES string of the molecule is CC1CCCN(CCCNC(=S)Nc2cccc(F)c2)C1. The Labute approximate surface area is 131 Å². The van der Waals surface area contributed by atoms with E-state index in [0.717, 1.165) is 25.4 Å². The van der Waals surface area contributed by atoms with Crippen LogP contribution in [-0.2, 0) is 0 Å².